The van der Waals surface area contributed by atoms with Crippen LogP contribution in [0.2, 0.25) is 0 Å². The monoisotopic (exact) mass is 262 g/mol. The van der Waals surface area contributed by atoms with E-state index < -0.39 is 0 Å². The third-order valence-electron chi connectivity index (χ3n) is 2.26. The molecule has 0 aliphatic carbocycles. The normalized spacial score (nSPS) is 10.1. The fraction of sp³-hybridized carbons (Fsp3) is 0.800. The first kappa shape index (κ1) is 11.5. The first-order chi connectivity index (χ1) is 5.18. The summed E-state index contributed by atoms with van der Waals surface area (Å²) in [7, 11) is 0. The summed E-state index contributed by atoms with van der Waals surface area (Å²) in [5.41, 5.74) is 1.59. The Hall–Kier alpha value is 0.539. The molecule has 0 atom stereocenters. The van der Waals surface area contributed by atoms with Crippen LogP contribution >= 0.6 is 0 Å². The van der Waals surface area contributed by atoms with Gasteiger partial charge in [0.25, 0.3) is 0 Å². The van der Waals surface area contributed by atoms with Crippen LogP contribution < -0.4 is 0 Å². The van der Waals surface area contributed by atoms with Gasteiger partial charge in [-0.2, -0.15) is 0 Å². The van der Waals surface area contributed by atoms with Crippen LogP contribution in [0, 0.1) is 0 Å². The molecule has 1 heteroatoms. The molecular formula is C10H22Sn. The number of rotatable bonds is 5. The quantitative estimate of drug-likeness (QED) is 0.527. The molecule has 0 N–H and O–H groups in total. The number of allylic oxidation sites excluding steroid dienone is 2. The van der Waals surface area contributed by atoms with Crippen LogP contribution in [0.1, 0.15) is 52.9 Å². The average molecular weight is 261 g/mol. The second-order valence-corrected chi connectivity index (χ2v) is 7.04. The Morgan fingerprint density at radius 3 is 2.18 bits per heavy atom. The molecule has 0 aromatic carbocycles. The van der Waals surface area contributed by atoms with Gasteiger partial charge in [-0.15, -0.1) is 0 Å². The minimum atomic E-state index is 0.770. The van der Waals surface area contributed by atoms with Gasteiger partial charge < -0.3 is 0 Å². The zero-order valence-electron chi connectivity index (χ0n) is 8.54. The van der Waals surface area contributed by atoms with E-state index in [9.17, 15) is 0 Å². The topological polar surface area (TPSA) is 0 Å². The van der Waals surface area contributed by atoms with Crippen LogP contribution in [0.5, 0.6) is 0 Å². The van der Waals surface area contributed by atoms with Gasteiger partial charge in [0.2, 0.25) is 0 Å². The van der Waals surface area contributed by atoms with Crippen molar-refractivity contribution in [3.8, 4) is 0 Å². The standard InChI is InChI=1S/C10H19.Sn.3H/c1-4-5-6-7-8-9-10(2)3;;;;/h4-8H2,1-3H3;;;;. The number of hydrogen-bond acceptors (Lipinski definition) is 0. The maximum atomic E-state index is 2.27. The zero-order chi connectivity index (χ0) is 8.69. The molecule has 0 bridgehead atoms. The van der Waals surface area contributed by atoms with Gasteiger partial charge >= 0.3 is 84.6 Å². The second kappa shape index (κ2) is 7.20. The van der Waals surface area contributed by atoms with Gasteiger partial charge in [0.1, 0.15) is 0 Å². The Morgan fingerprint density at radius 1 is 1.09 bits per heavy atom. The molecule has 0 spiro atoms. The molecule has 0 amide bonds. The zero-order valence-corrected chi connectivity index (χ0v) is 14.2. The molecule has 0 aromatic heterocycles. The van der Waals surface area contributed by atoms with E-state index in [1.54, 1.807) is 9.16 Å². The molecule has 0 radical (unpaired) electrons. The fourth-order valence-corrected chi connectivity index (χ4v) is 2.08. The molecule has 0 saturated heterocycles. The van der Waals surface area contributed by atoms with Crippen molar-refractivity contribution in [1.29, 1.82) is 0 Å². The molecule has 0 fully saturated rings. The predicted octanol–water partition coefficient (Wildman–Crippen LogP) is 2.62. The van der Waals surface area contributed by atoms with E-state index in [0.717, 1.165) is 22.5 Å². The van der Waals surface area contributed by atoms with Crippen LogP contribution in [-0.2, 0) is 0 Å². The van der Waals surface area contributed by atoms with Gasteiger partial charge in [0.15, 0.2) is 0 Å². The van der Waals surface area contributed by atoms with E-state index in [1.807, 2.05) is 0 Å². The summed E-state index contributed by atoms with van der Waals surface area (Å²) in [6.07, 6.45) is 7.05. The molecule has 0 saturated carbocycles. The number of hydrogen-bond donors (Lipinski definition) is 0. The van der Waals surface area contributed by atoms with Gasteiger partial charge in [-0.05, 0) is 0 Å². The summed E-state index contributed by atoms with van der Waals surface area (Å²) in [5.74, 6) is 0. The van der Waals surface area contributed by atoms with Crippen LogP contribution in [0.15, 0.2) is 9.16 Å². The first-order valence-electron chi connectivity index (χ1n) is 4.81. The summed E-state index contributed by atoms with van der Waals surface area (Å²) in [4.78, 5) is 0. The van der Waals surface area contributed by atoms with Crippen molar-refractivity contribution in [3.05, 3.63) is 9.16 Å². The van der Waals surface area contributed by atoms with Crippen molar-refractivity contribution in [2.45, 2.75) is 52.9 Å². The molecule has 66 valence electrons. The van der Waals surface area contributed by atoms with Crippen molar-refractivity contribution >= 4 is 22.5 Å². The second-order valence-electron chi connectivity index (χ2n) is 3.59. The summed E-state index contributed by atoms with van der Waals surface area (Å²) in [6.45, 7) is 6.78. The van der Waals surface area contributed by atoms with Crippen LogP contribution in [0.3, 0.4) is 0 Å². The third-order valence-corrected chi connectivity index (χ3v) is 6.54. The van der Waals surface area contributed by atoms with Crippen LogP contribution in [0.25, 0.3) is 0 Å². The summed E-state index contributed by atoms with van der Waals surface area (Å²) in [6, 6.07) is 0. The van der Waals surface area contributed by atoms with Crippen molar-refractivity contribution in [2.75, 3.05) is 0 Å². The molecular weight excluding hydrogens is 239 g/mol. The Balaban J connectivity index is 3.32. The molecule has 0 aromatic rings. The van der Waals surface area contributed by atoms with Crippen molar-refractivity contribution in [2.24, 2.45) is 0 Å². The van der Waals surface area contributed by atoms with Crippen molar-refractivity contribution < 1.29 is 0 Å². The van der Waals surface area contributed by atoms with Crippen LogP contribution in [0.4, 0.5) is 0 Å². The summed E-state index contributed by atoms with van der Waals surface area (Å²) < 4.78 is 1.79. The van der Waals surface area contributed by atoms with E-state index in [0.29, 0.717) is 0 Å². The van der Waals surface area contributed by atoms with Gasteiger partial charge in [0.05, 0.1) is 0 Å². The average Bonchev–Trinajstić information content (AvgIpc) is 1.97. The first-order valence-corrected chi connectivity index (χ1v) is 7.66. The van der Waals surface area contributed by atoms with Gasteiger partial charge in [-0.1, -0.05) is 0 Å². The Kier molecular flexibility index (Phi) is 7.55. The Morgan fingerprint density at radius 2 is 1.73 bits per heavy atom. The number of unbranched alkanes of at least 4 members (excludes halogenated alkanes) is 3. The van der Waals surface area contributed by atoms with Crippen molar-refractivity contribution in [3.63, 3.8) is 0 Å². The van der Waals surface area contributed by atoms with Gasteiger partial charge in [-0.25, -0.2) is 0 Å². The third kappa shape index (κ3) is 6.92. The molecule has 11 heavy (non-hydrogen) atoms. The minimum absolute atomic E-state index is 0.770. The predicted molar refractivity (Wildman–Crippen MR) is 57.1 cm³/mol. The molecule has 0 aliphatic rings. The van der Waals surface area contributed by atoms with E-state index in [4.69, 9.17) is 0 Å². The van der Waals surface area contributed by atoms with Gasteiger partial charge in [0, 0.05) is 0 Å². The van der Waals surface area contributed by atoms with E-state index in [1.165, 1.54) is 32.1 Å². The molecule has 0 aliphatic heterocycles. The molecule has 0 nitrogen and oxygen atoms in total. The van der Waals surface area contributed by atoms with E-state index >= 15 is 0 Å². The van der Waals surface area contributed by atoms with Crippen LogP contribution in [-0.4, -0.2) is 22.5 Å². The molecule has 0 heterocycles. The van der Waals surface area contributed by atoms with Gasteiger partial charge in [-0.3, -0.25) is 0 Å². The summed E-state index contributed by atoms with van der Waals surface area (Å²) >= 11 is 0.770. The van der Waals surface area contributed by atoms with E-state index in [2.05, 4.69) is 20.8 Å². The fourth-order valence-electron chi connectivity index (χ4n) is 1.07. The van der Waals surface area contributed by atoms with Crippen molar-refractivity contribution in [1.82, 2.24) is 0 Å². The maximum absolute atomic E-state index is 2.27. The molecule has 0 rings (SSSR count). The Bertz CT molecular complexity index is 121. The Labute approximate surface area is 84.5 Å². The summed E-state index contributed by atoms with van der Waals surface area (Å²) in [5, 5.41) is 0. The SMILES string of the molecule is CCCCCC[C]([SnH3])=C(C)C. The van der Waals surface area contributed by atoms with E-state index in [-0.39, 0.29) is 0 Å². The molecule has 0 unspecified atom stereocenters.